The zero-order valence-electron chi connectivity index (χ0n) is 7.78. The molecule has 1 saturated heterocycles. The van der Waals surface area contributed by atoms with Crippen molar-refractivity contribution in [3.8, 4) is 5.88 Å². The molecular formula is C10H12BrNO2. The lowest BCUT2D eigenvalue weighted by Gasteiger charge is -2.10. The van der Waals surface area contributed by atoms with E-state index in [1.165, 1.54) is 0 Å². The second-order valence-electron chi connectivity index (χ2n) is 3.26. The van der Waals surface area contributed by atoms with Gasteiger partial charge in [-0.2, -0.15) is 0 Å². The number of rotatable bonds is 3. The number of halogens is 1. The van der Waals surface area contributed by atoms with Crippen LogP contribution in [0.5, 0.6) is 5.88 Å². The van der Waals surface area contributed by atoms with E-state index in [9.17, 15) is 0 Å². The Bertz CT molecular complexity index is 283. The average Bonchev–Trinajstić information content (AvgIpc) is 2.70. The molecule has 0 amide bonds. The molecule has 4 heteroatoms. The van der Waals surface area contributed by atoms with Gasteiger partial charge in [-0.1, -0.05) is 0 Å². The lowest BCUT2D eigenvalue weighted by Crippen LogP contribution is -2.16. The SMILES string of the molecule is Brc1ccc(OCC2CCCO2)nc1. The number of pyridine rings is 1. The molecule has 1 aromatic heterocycles. The van der Waals surface area contributed by atoms with Crippen LogP contribution in [0.3, 0.4) is 0 Å². The quantitative estimate of drug-likeness (QED) is 0.834. The first-order chi connectivity index (χ1) is 6.84. The van der Waals surface area contributed by atoms with E-state index in [4.69, 9.17) is 9.47 Å². The van der Waals surface area contributed by atoms with Crippen molar-refractivity contribution in [2.24, 2.45) is 0 Å². The lowest BCUT2D eigenvalue weighted by molar-refractivity contribution is 0.0663. The molecule has 2 rings (SSSR count). The Morgan fingerprint density at radius 3 is 3.14 bits per heavy atom. The van der Waals surface area contributed by atoms with Crippen LogP contribution >= 0.6 is 15.9 Å². The first kappa shape index (κ1) is 9.93. The molecule has 2 heterocycles. The zero-order chi connectivity index (χ0) is 9.80. The molecule has 76 valence electrons. The molecule has 0 aliphatic carbocycles. The van der Waals surface area contributed by atoms with Crippen LogP contribution in [0.1, 0.15) is 12.8 Å². The van der Waals surface area contributed by atoms with E-state index in [0.29, 0.717) is 12.5 Å². The maximum absolute atomic E-state index is 5.49. The Balaban J connectivity index is 1.82. The Labute approximate surface area is 91.6 Å². The largest absolute Gasteiger partial charge is 0.475 e. The second kappa shape index (κ2) is 4.75. The summed E-state index contributed by atoms with van der Waals surface area (Å²) in [6.45, 7) is 1.47. The third-order valence-electron chi connectivity index (χ3n) is 2.14. The first-order valence-corrected chi connectivity index (χ1v) is 5.50. The smallest absolute Gasteiger partial charge is 0.213 e. The molecule has 0 radical (unpaired) electrons. The van der Waals surface area contributed by atoms with Crippen LogP contribution in [0.25, 0.3) is 0 Å². The number of aromatic nitrogens is 1. The van der Waals surface area contributed by atoms with Gasteiger partial charge in [0, 0.05) is 23.3 Å². The first-order valence-electron chi connectivity index (χ1n) is 4.70. The van der Waals surface area contributed by atoms with Gasteiger partial charge in [0.05, 0.1) is 6.10 Å². The Morgan fingerprint density at radius 1 is 1.57 bits per heavy atom. The predicted molar refractivity (Wildman–Crippen MR) is 56.4 cm³/mol. The van der Waals surface area contributed by atoms with Crippen molar-refractivity contribution >= 4 is 15.9 Å². The van der Waals surface area contributed by atoms with Crippen molar-refractivity contribution < 1.29 is 9.47 Å². The van der Waals surface area contributed by atoms with E-state index < -0.39 is 0 Å². The summed E-state index contributed by atoms with van der Waals surface area (Å²) in [7, 11) is 0. The highest BCUT2D eigenvalue weighted by atomic mass is 79.9. The molecule has 3 nitrogen and oxygen atoms in total. The summed E-state index contributed by atoms with van der Waals surface area (Å²) in [6.07, 6.45) is 4.21. The van der Waals surface area contributed by atoms with Crippen molar-refractivity contribution in [1.29, 1.82) is 0 Å². The molecule has 14 heavy (non-hydrogen) atoms. The van der Waals surface area contributed by atoms with E-state index in [1.54, 1.807) is 6.20 Å². The fourth-order valence-corrected chi connectivity index (χ4v) is 1.64. The molecule has 1 aliphatic rings. The minimum atomic E-state index is 0.250. The van der Waals surface area contributed by atoms with E-state index in [0.717, 1.165) is 23.9 Å². The molecule has 1 aliphatic heterocycles. The standard InChI is InChI=1S/C10H12BrNO2/c11-8-3-4-10(12-6-8)14-7-9-2-1-5-13-9/h3-4,6,9H,1-2,5,7H2. The van der Waals surface area contributed by atoms with Gasteiger partial charge in [-0.15, -0.1) is 0 Å². The highest BCUT2D eigenvalue weighted by Crippen LogP contribution is 2.15. The number of hydrogen-bond acceptors (Lipinski definition) is 3. The van der Waals surface area contributed by atoms with Crippen LogP contribution in [0, 0.1) is 0 Å². The Kier molecular flexibility index (Phi) is 3.37. The molecule has 0 bridgehead atoms. The molecule has 1 aromatic rings. The predicted octanol–water partition coefficient (Wildman–Crippen LogP) is 2.40. The van der Waals surface area contributed by atoms with E-state index >= 15 is 0 Å². The zero-order valence-corrected chi connectivity index (χ0v) is 9.37. The monoisotopic (exact) mass is 257 g/mol. The van der Waals surface area contributed by atoms with Crippen LogP contribution in [0.15, 0.2) is 22.8 Å². The number of hydrogen-bond donors (Lipinski definition) is 0. The highest BCUT2D eigenvalue weighted by Gasteiger charge is 2.15. The molecule has 1 atom stereocenters. The van der Waals surface area contributed by atoms with Gasteiger partial charge in [-0.25, -0.2) is 4.98 Å². The van der Waals surface area contributed by atoms with Gasteiger partial charge < -0.3 is 9.47 Å². The van der Waals surface area contributed by atoms with Crippen LogP contribution in [-0.4, -0.2) is 24.3 Å². The van der Waals surface area contributed by atoms with Gasteiger partial charge in [0.2, 0.25) is 5.88 Å². The third kappa shape index (κ3) is 2.69. The molecule has 1 unspecified atom stereocenters. The summed E-state index contributed by atoms with van der Waals surface area (Å²) in [5.74, 6) is 0.656. The van der Waals surface area contributed by atoms with Crippen LogP contribution in [-0.2, 0) is 4.74 Å². The molecule has 0 aromatic carbocycles. The van der Waals surface area contributed by atoms with Crippen LogP contribution in [0.2, 0.25) is 0 Å². The summed E-state index contributed by atoms with van der Waals surface area (Å²) in [4.78, 5) is 4.11. The molecule has 0 saturated carbocycles. The molecule has 0 spiro atoms. The topological polar surface area (TPSA) is 31.4 Å². The van der Waals surface area contributed by atoms with Crippen molar-refractivity contribution in [1.82, 2.24) is 4.98 Å². The van der Waals surface area contributed by atoms with Crippen molar-refractivity contribution in [3.63, 3.8) is 0 Å². The fourth-order valence-electron chi connectivity index (χ4n) is 1.40. The van der Waals surface area contributed by atoms with Crippen molar-refractivity contribution in [2.45, 2.75) is 18.9 Å². The Morgan fingerprint density at radius 2 is 2.50 bits per heavy atom. The molecule has 0 N–H and O–H groups in total. The third-order valence-corrected chi connectivity index (χ3v) is 2.61. The number of ether oxygens (including phenoxy) is 2. The van der Waals surface area contributed by atoms with Gasteiger partial charge in [0.15, 0.2) is 0 Å². The van der Waals surface area contributed by atoms with Crippen LogP contribution < -0.4 is 4.74 Å². The highest BCUT2D eigenvalue weighted by molar-refractivity contribution is 9.10. The van der Waals surface area contributed by atoms with Crippen LogP contribution in [0.4, 0.5) is 0 Å². The van der Waals surface area contributed by atoms with Gasteiger partial charge in [-0.3, -0.25) is 0 Å². The van der Waals surface area contributed by atoms with E-state index in [1.807, 2.05) is 12.1 Å². The van der Waals surface area contributed by atoms with E-state index in [2.05, 4.69) is 20.9 Å². The number of nitrogens with zero attached hydrogens (tertiary/aromatic N) is 1. The maximum atomic E-state index is 5.49. The van der Waals surface area contributed by atoms with Gasteiger partial charge in [0.1, 0.15) is 6.61 Å². The summed E-state index contributed by atoms with van der Waals surface area (Å²) < 4.78 is 11.9. The minimum absolute atomic E-state index is 0.250. The normalized spacial score (nSPS) is 21.1. The summed E-state index contributed by atoms with van der Waals surface area (Å²) in [5.41, 5.74) is 0. The summed E-state index contributed by atoms with van der Waals surface area (Å²) in [6, 6.07) is 3.76. The Hall–Kier alpha value is -0.610. The van der Waals surface area contributed by atoms with Gasteiger partial charge in [0.25, 0.3) is 0 Å². The average molecular weight is 258 g/mol. The van der Waals surface area contributed by atoms with E-state index in [-0.39, 0.29) is 6.10 Å². The van der Waals surface area contributed by atoms with Crippen molar-refractivity contribution in [2.75, 3.05) is 13.2 Å². The van der Waals surface area contributed by atoms with Gasteiger partial charge in [-0.05, 0) is 34.8 Å². The van der Waals surface area contributed by atoms with Gasteiger partial charge >= 0.3 is 0 Å². The fraction of sp³-hybridized carbons (Fsp3) is 0.500. The van der Waals surface area contributed by atoms with Crippen molar-refractivity contribution in [3.05, 3.63) is 22.8 Å². The summed E-state index contributed by atoms with van der Waals surface area (Å²) >= 11 is 3.32. The minimum Gasteiger partial charge on any atom is -0.475 e. The second-order valence-corrected chi connectivity index (χ2v) is 4.18. The lowest BCUT2D eigenvalue weighted by atomic mass is 10.2. The molecular weight excluding hydrogens is 246 g/mol. The maximum Gasteiger partial charge on any atom is 0.213 e. The summed E-state index contributed by atoms with van der Waals surface area (Å²) in [5, 5.41) is 0. The molecule has 1 fully saturated rings.